The van der Waals surface area contributed by atoms with Crippen molar-refractivity contribution in [3.05, 3.63) is 17.8 Å². The molecule has 120 valence electrons. The lowest BCUT2D eigenvalue weighted by atomic mass is 10.0. The highest BCUT2D eigenvalue weighted by molar-refractivity contribution is 5.79. The van der Waals surface area contributed by atoms with Crippen molar-refractivity contribution in [3.8, 4) is 0 Å². The highest BCUT2D eigenvalue weighted by Gasteiger charge is 2.31. The zero-order valence-electron chi connectivity index (χ0n) is 13.4. The SMILES string of the molecule is Cc1ccc(N(C)C2CCN(C(=O)C3CCOC3)CC2)nn1. The molecule has 1 amide bonds. The number of amides is 1. The smallest absolute Gasteiger partial charge is 0.228 e. The molecule has 2 aliphatic rings. The summed E-state index contributed by atoms with van der Waals surface area (Å²) in [6, 6.07) is 4.41. The molecule has 2 saturated heterocycles. The number of aryl methyl sites for hydroxylation is 1. The maximum Gasteiger partial charge on any atom is 0.228 e. The van der Waals surface area contributed by atoms with Crippen molar-refractivity contribution < 1.29 is 9.53 Å². The van der Waals surface area contributed by atoms with Crippen LogP contribution in [0.25, 0.3) is 0 Å². The molecule has 0 spiro atoms. The van der Waals surface area contributed by atoms with Crippen LogP contribution in [0.2, 0.25) is 0 Å². The van der Waals surface area contributed by atoms with E-state index in [1.807, 2.05) is 24.0 Å². The molecule has 1 unspecified atom stereocenters. The van der Waals surface area contributed by atoms with Crippen LogP contribution >= 0.6 is 0 Å². The van der Waals surface area contributed by atoms with Crippen LogP contribution in [-0.2, 0) is 9.53 Å². The average Bonchev–Trinajstić information content (AvgIpc) is 3.09. The van der Waals surface area contributed by atoms with E-state index in [9.17, 15) is 4.79 Å². The van der Waals surface area contributed by atoms with E-state index in [1.165, 1.54) is 0 Å². The summed E-state index contributed by atoms with van der Waals surface area (Å²) in [6.07, 6.45) is 2.83. The lowest BCUT2D eigenvalue weighted by Crippen LogP contribution is -2.47. The van der Waals surface area contributed by atoms with E-state index >= 15 is 0 Å². The second-order valence-electron chi connectivity index (χ2n) is 6.26. The largest absolute Gasteiger partial charge is 0.381 e. The third kappa shape index (κ3) is 3.21. The molecule has 6 heteroatoms. The molecule has 0 saturated carbocycles. The Bertz CT molecular complexity index is 505. The van der Waals surface area contributed by atoms with Crippen molar-refractivity contribution in [1.29, 1.82) is 0 Å². The molecule has 2 fully saturated rings. The molecule has 3 rings (SSSR count). The summed E-state index contributed by atoms with van der Waals surface area (Å²) in [4.78, 5) is 16.6. The molecule has 0 radical (unpaired) electrons. The Hall–Kier alpha value is -1.69. The molecule has 0 aromatic carbocycles. The fourth-order valence-corrected chi connectivity index (χ4v) is 3.23. The molecule has 0 aliphatic carbocycles. The van der Waals surface area contributed by atoms with Gasteiger partial charge in [-0.1, -0.05) is 0 Å². The van der Waals surface area contributed by atoms with Gasteiger partial charge in [-0.2, -0.15) is 5.10 Å². The molecule has 2 aliphatic heterocycles. The van der Waals surface area contributed by atoms with E-state index < -0.39 is 0 Å². The first-order valence-corrected chi connectivity index (χ1v) is 8.05. The minimum Gasteiger partial charge on any atom is -0.381 e. The van der Waals surface area contributed by atoms with Crippen molar-refractivity contribution in [3.63, 3.8) is 0 Å². The molecule has 3 heterocycles. The van der Waals surface area contributed by atoms with Crippen molar-refractivity contribution in [1.82, 2.24) is 15.1 Å². The molecule has 22 heavy (non-hydrogen) atoms. The van der Waals surface area contributed by atoms with Crippen LogP contribution in [0.4, 0.5) is 5.82 Å². The summed E-state index contributed by atoms with van der Waals surface area (Å²) in [6.45, 7) is 4.90. The highest BCUT2D eigenvalue weighted by Crippen LogP contribution is 2.23. The van der Waals surface area contributed by atoms with Gasteiger partial charge in [0.1, 0.15) is 0 Å². The minimum absolute atomic E-state index is 0.0808. The lowest BCUT2D eigenvalue weighted by molar-refractivity contribution is -0.136. The van der Waals surface area contributed by atoms with Crippen molar-refractivity contribution in [2.45, 2.75) is 32.2 Å². The number of hydrogen-bond donors (Lipinski definition) is 0. The van der Waals surface area contributed by atoms with E-state index in [4.69, 9.17) is 4.74 Å². The number of nitrogens with zero attached hydrogens (tertiary/aromatic N) is 4. The molecule has 6 nitrogen and oxygen atoms in total. The summed E-state index contributed by atoms with van der Waals surface area (Å²) >= 11 is 0. The Kier molecular flexibility index (Phi) is 4.57. The van der Waals surface area contributed by atoms with Crippen LogP contribution in [-0.4, -0.2) is 60.4 Å². The molecular formula is C16H24N4O2. The monoisotopic (exact) mass is 304 g/mol. The quantitative estimate of drug-likeness (QED) is 0.841. The fraction of sp³-hybridized carbons (Fsp3) is 0.688. The molecule has 1 aromatic rings. The number of carbonyl (C=O) groups is 1. The number of piperidine rings is 1. The average molecular weight is 304 g/mol. The maximum atomic E-state index is 12.4. The number of rotatable bonds is 3. The van der Waals surface area contributed by atoms with Crippen LogP contribution in [0, 0.1) is 12.8 Å². The van der Waals surface area contributed by atoms with E-state index in [1.54, 1.807) is 0 Å². The van der Waals surface area contributed by atoms with Gasteiger partial charge in [-0.25, -0.2) is 0 Å². The van der Waals surface area contributed by atoms with Gasteiger partial charge in [0, 0.05) is 32.8 Å². The summed E-state index contributed by atoms with van der Waals surface area (Å²) in [5.74, 6) is 1.26. The number of carbonyl (C=O) groups excluding carboxylic acids is 1. The van der Waals surface area contributed by atoms with Crippen LogP contribution < -0.4 is 4.90 Å². The number of aromatic nitrogens is 2. The topological polar surface area (TPSA) is 58.6 Å². The van der Waals surface area contributed by atoms with Gasteiger partial charge in [0.25, 0.3) is 0 Å². The first-order chi connectivity index (χ1) is 10.6. The summed E-state index contributed by atoms with van der Waals surface area (Å²) in [5.41, 5.74) is 0.927. The van der Waals surface area contributed by atoms with Crippen LogP contribution in [0.1, 0.15) is 25.0 Å². The summed E-state index contributed by atoms with van der Waals surface area (Å²) < 4.78 is 5.32. The van der Waals surface area contributed by atoms with Gasteiger partial charge in [0.2, 0.25) is 5.91 Å². The number of anilines is 1. The summed E-state index contributed by atoms with van der Waals surface area (Å²) in [5, 5.41) is 8.37. The molecule has 0 N–H and O–H groups in total. The Balaban J connectivity index is 1.54. The van der Waals surface area contributed by atoms with E-state index in [2.05, 4.69) is 22.1 Å². The van der Waals surface area contributed by atoms with Crippen LogP contribution in [0.15, 0.2) is 12.1 Å². The predicted octanol–water partition coefficient (Wildman–Crippen LogP) is 1.25. The van der Waals surface area contributed by atoms with Crippen LogP contribution in [0.3, 0.4) is 0 Å². The van der Waals surface area contributed by atoms with E-state index in [0.717, 1.165) is 50.5 Å². The minimum atomic E-state index is 0.0808. The molecule has 1 atom stereocenters. The lowest BCUT2D eigenvalue weighted by Gasteiger charge is -2.37. The van der Waals surface area contributed by atoms with Gasteiger partial charge in [-0.3, -0.25) is 4.79 Å². The van der Waals surface area contributed by atoms with Crippen molar-refractivity contribution in [2.75, 3.05) is 38.3 Å². The van der Waals surface area contributed by atoms with Crippen LogP contribution in [0.5, 0.6) is 0 Å². The molecule has 0 bridgehead atoms. The normalized spacial score (nSPS) is 22.8. The van der Waals surface area contributed by atoms with Crippen molar-refractivity contribution >= 4 is 11.7 Å². The van der Waals surface area contributed by atoms with Gasteiger partial charge < -0.3 is 14.5 Å². The van der Waals surface area contributed by atoms with Gasteiger partial charge in [0.05, 0.1) is 18.2 Å². The Morgan fingerprint density at radius 3 is 2.64 bits per heavy atom. The zero-order valence-corrected chi connectivity index (χ0v) is 13.4. The standard InChI is InChI=1S/C16H24N4O2/c1-12-3-4-15(18-17-12)19(2)14-5-8-20(9-6-14)16(21)13-7-10-22-11-13/h3-4,13-14H,5-11H2,1-2H3. The number of hydrogen-bond acceptors (Lipinski definition) is 5. The van der Waals surface area contributed by atoms with Crippen molar-refractivity contribution in [2.24, 2.45) is 5.92 Å². The van der Waals surface area contributed by atoms with Gasteiger partial charge in [0.15, 0.2) is 5.82 Å². The first kappa shape index (κ1) is 15.2. The molecule has 1 aromatic heterocycles. The fourth-order valence-electron chi connectivity index (χ4n) is 3.23. The van der Waals surface area contributed by atoms with E-state index in [0.29, 0.717) is 12.6 Å². The second-order valence-corrected chi connectivity index (χ2v) is 6.26. The predicted molar refractivity (Wildman–Crippen MR) is 83.7 cm³/mol. The third-order valence-corrected chi connectivity index (χ3v) is 4.75. The van der Waals surface area contributed by atoms with Gasteiger partial charge in [-0.05, 0) is 38.3 Å². The maximum absolute atomic E-state index is 12.4. The van der Waals surface area contributed by atoms with Gasteiger partial charge in [-0.15, -0.1) is 5.10 Å². The Morgan fingerprint density at radius 2 is 2.05 bits per heavy atom. The number of ether oxygens (including phenoxy) is 1. The third-order valence-electron chi connectivity index (χ3n) is 4.75. The number of likely N-dealkylation sites (tertiary alicyclic amines) is 1. The second kappa shape index (κ2) is 6.60. The first-order valence-electron chi connectivity index (χ1n) is 8.05. The Morgan fingerprint density at radius 1 is 1.27 bits per heavy atom. The molecular weight excluding hydrogens is 280 g/mol. The summed E-state index contributed by atoms with van der Waals surface area (Å²) in [7, 11) is 2.06. The van der Waals surface area contributed by atoms with Gasteiger partial charge >= 0.3 is 0 Å². The Labute approximate surface area is 131 Å². The highest BCUT2D eigenvalue weighted by atomic mass is 16.5. The zero-order chi connectivity index (χ0) is 15.5. The van der Waals surface area contributed by atoms with E-state index in [-0.39, 0.29) is 11.8 Å².